The monoisotopic (exact) mass is 330 g/mol. The molecule has 3 rings (SSSR count). The predicted octanol–water partition coefficient (Wildman–Crippen LogP) is 4.16. The van der Waals surface area contributed by atoms with E-state index < -0.39 is 5.63 Å². The maximum Gasteiger partial charge on any atom is 0.343 e. The average molecular weight is 331 g/mol. The van der Waals surface area contributed by atoms with E-state index >= 15 is 0 Å². The van der Waals surface area contributed by atoms with Gasteiger partial charge in [-0.3, -0.25) is 0 Å². The van der Waals surface area contributed by atoms with Gasteiger partial charge in [-0.2, -0.15) is 0 Å². The van der Waals surface area contributed by atoms with Crippen LogP contribution in [0.4, 0.5) is 0 Å². The molecule has 1 heterocycles. The van der Waals surface area contributed by atoms with Crippen LogP contribution >= 0.6 is 11.6 Å². The molecule has 0 aliphatic carbocycles. The van der Waals surface area contributed by atoms with Gasteiger partial charge in [-0.25, -0.2) is 4.79 Å². The second-order valence-electron chi connectivity index (χ2n) is 5.10. The van der Waals surface area contributed by atoms with Crippen molar-refractivity contribution >= 4 is 22.6 Å². The van der Waals surface area contributed by atoms with E-state index in [2.05, 4.69) is 0 Å². The number of fused-ring (bicyclic) bond motifs is 1. The highest BCUT2D eigenvalue weighted by atomic mass is 35.5. The standard InChI is InChI=1S/C18H15ClO4/c19-14-8-2-4-10-16(14)22-11-5-7-13-17(20)12-6-1-3-9-15(12)23-18(13)21/h1-4,6,8-10,20H,5,7,11H2. The molecule has 3 aromatic rings. The highest BCUT2D eigenvalue weighted by molar-refractivity contribution is 6.32. The molecule has 4 nitrogen and oxygen atoms in total. The van der Waals surface area contributed by atoms with Crippen LogP contribution in [0.2, 0.25) is 5.02 Å². The van der Waals surface area contributed by atoms with Crippen molar-refractivity contribution in [2.45, 2.75) is 12.8 Å². The van der Waals surface area contributed by atoms with Crippen molar-refractivity contribution in [2.24, 2.45) is 0 Å². The van der Waals surface area contributed by atoms with Gasteiger partial charge in [-0.15, -0.1) is 0 Å². The van der Waals surface area contributed by atoms with Gasteiger partial charge >= 0.3 is 5.63 Å². The summed E-state index contributed by atoms with van der Waals surface area (Å²) in [5, 5.41) is 11.3. The molecule has 0 amide bonds. The third-order valence-electron chi connectivity index (χ3n) is 3.54. The number of ether oxygens (including phenoxy) is 1. The molecule has 23 heavy (non-hydrogen) atoms. The van der Waals surface area contributed by atoms with E-state index in [1.54, 1.807) is 36.4 Å². The van der Waals surface area contributed by atoms with Gasteiger partial charge in [0, 0.05) is 0 Å². The molecule has 0 bridgehead atoms. The fourth-order valence-electron chi connectivity index (χ4n) is 2.39. The van der Waals surface area contributed by atoms with E-state index in [0.29, 0.717) is 41.2 Å². The smallest absolute Gasteiger partial charge is 0.343 e. The molecule has 0 saturated carbocycles. The summed E-state index contributed by atoms with van der Waals surface area (Å²) in [6.07, 6.45) is 0.922. The Balaban J connectivity index is 1.70. The van der Waals surface area contributed by atoms with Crippen LogP contribution in [0.3, 0.4) is 0 Å². The minimum atomic E-state index is -0.515. The quantitative estimate of drug-likeness (QED) is 0.563. The van der Waals surface area contributed by atoms with Crippen molar-refractivity contribution in [2.75, 3.05) is 6.61 Å². The van der Waals surface area contributed by atoms with Crippen molar-refractivity contribution in [1.82, 2.24) is 0 Å². The van der Waals surface area contributed by atoms with Crippen LogP contribution in [0, 0.1) is 0 Å². The van der Waals surface area contributed by atoms with Crippen LogP contribution in [0.25, 0.3) is 11.0 Å². The highest BCUT2D eigenvalue weighted by Gasteiger charge is 2.13. The van der Waals surface area contributed by atoms with Crippen LogP contribution < -0.4 is 10.4 Å². The first-order chi connectivity index (χ1) is 11.2. The number of hydrogen-bond acceptors (Lipinski definition) is 4. The van der Waals surface area contributed by atoms with Crippen molar-refractivity contribution in [1.29, 1.82) is 0 Å². The summed E-state index contributed by atoms with van der Waals surface area (Å²) in [4.78, 5) is 12.0. The summed E-state index contributed by atoms with van der Waals surface area (Å²) >= 11 is 6.01. The van der Waals surface area contributed by atoms with Gasteiger partial charge in [-0.1, -0.05) is 35.9 Å². The molecular weight excluding hydrogens is 316 g/mol. The Bertz CT molecular complexity index is 886. The van der Waals surface area contributed by atoms with Crippen molar-refractivity contribution < 1.29 is 14.3 Å². The zero-order valence-corrected chi connectivity index (χ0v) is 13.0. The van der Waals surface area contributed by atoms with Crippen LogP contribution in [0.5, 0.6) is 11.5 Å². The maximum atomic E-state index is 12.0. The lowest BCUT2D eigenvalue weighted by Crippen LogP contribution is -2.10. The molecule has 1 aromatic heterocycles. The minimum Gasteiger partial charge on any atom is -0.507 e. The molecule has 2 aromatic carbocycles. The minimum absolute atomic E-state index is 0.0189. The summed E-state index contributed by atoms with van der Waals surface area (Å²) < 4.78 is 10.8. The van der Waals surface area contributed by atoms with Crippen molar-refractivity contribution in [3.63, 3.8) is 0 Å². The predicted molar refractivity (Wildman–Crippen MR) is 89.4 cm³/mol. The third kappa shape index (κ3) is 3.32. The van der Waals surface area contributed by atoms with Gasteiger partial charge in [-0.05, 0) is 37.1 Å². The van der Waals surface area contributed by atoms with E-state index in [0.717, 1.165) is 0 Å². The number of para-hydroxylation sites is 2. The Morgan fingerprint density at radius 1 is 1.09 bits per heavy atom. The van der Waals surface area contributed by atoms with Gasteiger partial charge in [0.1, 0.15) is 17.1 Å². The van der Waals surface area contributed by atoms with E-state index in [4.69, 9.17) is 20.8 Å². The van der Waals surface area contributed by atoms with Gasteiger partial charge in [0.05, 0.1) is 22.6 Å². The van der Waals surface area contributed by atoms with Gasteiger partial charge < -0.3 is 14.3 Å². The zero-order chi connectivity index (χ0) is 16.2. The largest absolute Gasteiger partial charge is 0.507 e. The SMILES string of the molecule is O=c1oc2ccccc2c(O)c1CCCOc1ccccc1Cl. The molecule has 0 unspecified atom stereocenters. The Morgan fingerprint density at radius 3 is 2.65 bits per heavy atom. The van der Waals surface area contributed by atoms with Crippen LogP contribution in [0.1, 0.15) is 12.0 Å². The Morgan fingerprint density at radius 2 is 1.83 bits per heavy atom. The maximum absolute atomic E-state index is 12.0. The topological polar surface area (TPSA) is 59.7 Å². The van der Waals surface area contributed by atoms with Crippen LogP contribution in [-0.4, -0.2) is 11.7 Å². The highest BCUT2D eigenvalue weighted by Crippen LogP contribution is 2.27. The molecular formula is C18H15ClO4. The molecule has 0 fully saturated rings. The van der Waals surface area contributed by atoms with E-state index in [1.807, 2.05) is 12.1 Å². The zero-order valence-electron chi connectivity index (χ0n) is 12.3. The number of benzene rings is 2. The molecule has 0 aliphatic heterocycles. The second kappa shape index (κ2) is 6.75. The number of aromatic hydroxyl groups is 1. The molecule has 0 spiro atoms. The normalized spacial score (nSPS) is 10.8. The first kappa shape index (κ1) is 15.4. The Labute approximate surface area is 137 Å². The second-order valence-corrected chi connectivity index (χ2v) is 5.50. The Kier molecular flexibility index (Phi) is 4.53. The van der Waals surface area contributed by atoms with E-state index in [1.165, 1.54) is 0 Å². The molecule has 0 atom stereocenters. The van der Waals surface area contributed by atoms with Gasteiger partial charge in [0.15, 0.2) is 0 Å². The summed E-state index contributed by atoms with van der Waals surface area (Å²) in [5.41, 5.74) is 0.136. The molecule has 5 heteroatoms. The molecule has 0 aliphatic rings. The number of hydrogen-bond donors (Lipinski definition) is 1. The average Bonchev–Trinajstić information content (AvgIpc) is 2.55. The van der Waals surface area contributed by atoms with Gasteiger partial charge in [0.25, 0.3) is 0 Å². The summed E-state index contributed by atoms with van der Waals surface area (Å²) in [5.74, 6) is 0.582. The lowest BCUT2D eigenvalue weighted by atomic mass is 10.1. The number of halogens is 1. The van der Waals surface area contributed by atoms with Crippen LogP contribution in [0.15, 0.2) is 57.7 Å². The summed E-state index contributed by atoms with van der Waals surface area (Å²) in [6.45, 7) is 0.384. The molecule has 0 saturated heterocycles. The summed E-state index contributed by atoms with van der Waals surface area (Å²) in [6, 6.07) is 14.1. The van der Waals surface area contributed by atoms with Gasteiger partial charge in [0.2, 0.25) is 0 Å². The van der Waals surface area contributed by atoms with Crippen molar-refractivity contribution in [3.05, 3.63) is 69.5 Å². The van der Waals surface area contributed by atoms with Crippen LogP contribution in [-0.2, 0) is 6.42 Å². The Hall–Kier alpha value is -2.46. The van der Waals surface area contributed by atoms with E-state index in [-0.39, 0.29) is 11.3 Å². The van der Waals surface area contributed by atoms with E-state index in [9.17, 15) is 9.90 Å². The first-order valence-corrected chi connectivity index (χ1v) is 7.65. The molecule has 1 N–H and O–H groups in total. The first-order valence-electron chi connectivity index (χ1n) is 7.28. The third-order valence-corrected chi connectivity index (χ3v) is 3.85. The molecule has 0 radical (unpaired) electrons. The fourth-order valence-corrected chi connectivity index (χ4v) is 2.58. The van der Waals surface area contributed by atoms with Crippen molar-refractivity contribution in [3.8, 4) is 11.5 Å². The molecule has 118 valence electrons. The lowest BCUT2D eigenvalue weighted by molar-refractivity contribution is 0.309. The fraction of sp³-hybridized carbons (Fsp3) is 0.167. The summed E-state index contributed by atoms with van der Waals surface area (Å²) in [7, 11) is 0. The number of rotatable bonds is 5. The lowest BCUT2D eigenvalue weighted by Gasteiger charge is -2.08.